The first-order chi connectivity index (χ1) is 8.09. The highest BCUT2D eigenvalue weighted by molar-refractivity contribution is 5.78. The number of likely N-dealkylation sites (tertiary alicyclic amines) is 1. The van der Waals surface area contributed by atoms with Gasteiger partial charge in [-0.05, 0) is 32.4 Å². The maximum absolute atomic E-state index is 11.4. The molecule has 0 aromatic carbocycles. The van der Waals surface area contributed by atoms with Gasteiger partial charge in [0.2, 0.25) is 5.91 Å². The van der Waals surface area contributed by atoms with Gasteiger partial charge >= 0.3 is 5.97 Å². The first-order valence-corrected chi connectivity index (χ1v) is 6.07. The molecule has 0 radical (unpaired) electrons. The lowest BCUT2D eigenvalue weighted by Crippen LogP contribution is -2.35. The number of nitrogens with zero attached hydrogens (tertiary/aromatic N) is 1. The molecule has 6 heteroatoms. The summed E-state index contributed by atoms with van der Waals surface area (Å²) in [6.45, 7) is 3.72. The zero-order chi connectivity index (χ0) is 12.7. The van der Waals surface area contributed by atoms with Gasteiger partial charge in [0.1, 0.15) is 6.04 Å². The minimum atomic E-state index is -1.06. The Balaban J connectivity index is 2.02. The van der Waals surface area contributed by atoms with E-state index in [0.29, 0.717) is 6.54 Å². The molecule has 98 valence electrons. The lowest BCUT2D eigenvalue weighted by molar-refractivity contribution is -0.138. The summed E-state index contributed by atoms with van der Waals surface area (Å²) in [6, 6.07) is -0.945. The summed E-state index contributed by atoms with van der Waals surface area (Å²) >= 11 is 0. The third-order valence-corrected chi connectivity index (χ3v) is 2.95. The molecule has 17 heavy (non-hydrogen) atoms. The molecule has 1 aliphatic rings. The molecule has 0 aromatic rings. The van der Waals surface area contributed by atoms with E-state index in [1.807, 2.05) is 0 Å². The number of carboxylic acids is 1. The quantitative estimate of drug-likeness (QED) is 0.554. The second-order valence-electron chi connectivity index (χ2n) is 4.38. The van der Waals surface area contributed by atoms with Gasteiger partial charge in [-0.15, -0.1) is 0 Å². The molecule has 0 spiro atoms. The number of aliphatic carboxylic acids is 1. The first-order valence-electron chi connectivity index (χ1n) is 6.07. The molecule has 0 saturated carbocycles. The second kappa shape index (κ2) is 7.24. The zero-order valence-corrected chi connectivity index (χ0v) is 10.0. The zero-order valence-electron chi connectivity index (χ0n) is 10.0. The second-order valence-corrected chi connectivity index (χ2v) is 4.38. The fourth-order valence-electron chi connectivity index (χ4n) is 1.86. The normalized spacial score (nSPS) is 17.9. The summed E-state index contributed by atoms with van der Waals surface area (Å²) < 4.78 is 0. The Hall–Kier alpha value is -1.14. The smallest absolute Gasteiger partial charge is 0.320 e. The predicted octanol–water partition coefficient (Wildman–Crippen LogP) is -0.609. The number of carboxylic acid groups (broad SMARTS) is 1. The SMILES string of the molecule is NC(CCC(=O)NCCN1CCCC1)C(=O)O. The summed E-state index contributed by atoms with van der Waals surface area (Å²) in [6.07, 6.45) is 2.83. The molecule has 1 atom stereocenters. The van der Waals surface area contributed by atoms with Crippen LogP contribution in [-0.4, -0.2) is 54.1 Å². The minimum absolute atomic E-state index is 0.124. The maximum Gasteiger partial charge on any atom is 0.320 e. The highest BCUT2D eigenvalue weighted by Gasteiger charge is 2.14. The van der Waals surface area contributed by atoms with Gasteiger partial charge in [0, 0.05) is 19.5 Å². The van der Waals surface area contributed by atoms with E-state index < -0.39 is 12.0 Å². The third-order valence-electron chi connectivity index (χ3n) is 2.95. The van der Waals surface area contributed by atoms with Crippen LogP contribution in [0.2, 0.25) is 0 Å². The summed E-state index contributed by atoms with van der Waals surface area (Å²) in [4.78, 5) is 24.1. The maximum atomic E-state index is 11.4. The van der Waals surface area contributed by atoms with Gasteiger partial charge in [-0.1, -0.05) is 0 Å². The van der Waals surface area contributed by atoms with Crippen molar-refractivity contribution >= 4 is 11.9 Å². The monoisotopic (exact) mass is 243 g/mol. The van der Waals surface area contributed by atoms with Crippen LogP contribution < -0.4 is 11.1 Å². The highest BCUT2D eigenvalue weighted by atomic mass is 16.4. The topological polar surface area (TPSA) is 95.7 Å². The van der Waals surface area contributed by atoms with Crippen LogP contribution >= 0.6 is 0 Å². The molecule has 1 saturated heterocycles. The van der Waals surface area contributed by atoms with Crippen molar-refractivity contribution in [3.05, 3.63) is 0 Å². The van der Waals surface area contributed by atoms with Crippen LogP contribution in [0.25, 0.3) is 0 Å². The van der Waals surface area contributed by atoms with E-state index in [9.17, 15) is 9.59 Å². The molecule has 1 aliphatic heterocycles. The summed E-state index contributed by atoms with van der Waals surface area (Å²) in [7, 11) is 0. The Labute approximate surface area is 101 Å². The fourth-order valence-corrected chi connectivity index (χ4v) is 1.86. The minimum Gasteiger partial charge on any atom is -0.480 e. The Morgan fingerprint density at radius 1 is 1.35 bits per heavy atom. The van der Waals surface area contributed by atoms with Crippen molar-refractivity contribution in [1.82, 2.24) is 10.2 Å². The van der Waals surface area contributed by atoms with Crippen molar-refractivity contribution < 1.29 is 14.7 Å². The third kappa shape index (κ3) is 5.65. The van der Waals surface area contributed by atoms with Gasteiger partial charge in [0.25, 0.3) is 0 Å². The standard InChI is InChI=1S/C11H21N3O3/c12-9(11(16)17)3-4-10(15)13-5-8-14-6-1-2-7-14/h9H,1-8,12H2,(H,13,15)(H,16,17). The van der Waals surface area contributed by atoms with Crippen LogP contribution in [0.5, 0.6) is 0 Å². The van der Waals surface area contributed by atoms with Crippen LogP contribution in [0, 0.1) is 0 Å². The number of carbonyl (C=O) groups excluding carboxylic acids is 1. The van der Waals surface area contributed by atoms with E-state index >= 15 is 0 Å². The predicted molar refractivity (Wildman–Crippen MR) is 63.5 cm³/mol. The van der Waals surface area contributed by atoms with Crippen molar-refractivity contribution in [3.8, 4) is 0 Å². The van der Waals surface area contributed by atoms with Gasteiger partial charge in [-0.25, -0.2) is 0 Å². The van der Waals surface area contributed by atoms with E-state index in [1.165, 1.54) is 12.8 Å². The molecular formula is C11H21N3O3. The van der Waals surface area contributed by atoms with Crippen molar-refractivity contribution in [2.24, 2.45) is 5.73 Å². The van der Waals surface area contributed by atoms with Crippen LogP contribution in [0.1, 0.15) is 25.7 Å². The molecule has 6 nitrogen and oxygen atoms in total. The van der Waals surface area contributed by atoms with Crippen LogP contribution in [0.15, 0.2) is 0 Å². The number of hydrogen-bond donors (Lipinski definition) is 3. The number of nitrogens with one attached hydrogen (secondary N) is 1. The summed E-state index contributed by atoms with van der Waals surface area (Å²) in [5.74, 6) is -1.18. The van der Waals surface area contributed by atoms with Crippen LogP contribution in [0.3, 0.4) is 0 Å². The van der Waals surface area contributed by atoms with Gasteiger partial charge in [0.15, 0.2) is 0 Å². The van der Waals surface area contributed by atoms with E-state index in [2.05, 4.69) is 10.2 Å². The molecule has 4 N–H and O–H groups in total. The van der Waals surface area contributed by atoms with Crippen LogP contribution in [-0.2, 0) is 9.59 Å². The lowest BCUT2D eigenvalue weighted by atomic mass is 10.1. The van der Waals surface area contributed by atoms with Gasteiger partial charge < -0.3 is 21.1 Å². The number of amides is 1. The van der Waals surface area contributed by atoms with Crippen molar-refractivity contribution in [3.63, 3.8) is 0 Å². The lowest BCUT2D eigenvalue weighted by Gasteiger charge is -2.14. The average molecular weight is 243 g/mol. The Bertz CT molecular complexity index is 265. The number of nitrogens with two attached hydrogens (primary N) is 1. The fraction of sp³-hybridized carbons (Fsp3) is 0.818. The summed E-state index contributed by atoms with van der Waals surface area (Å²) in [5, 5.41) is 11.3. The number of carbonyl (C=O) groups is 2. The molecule has 1 amide bonds. The molecule has 0 aliphatic carbocycles. The van der Waals surface area contributed by atoms with Crippen molar-refractivity contribution in [1.29, 1.82) is 0 Å². The van der Waals surface area contributed by atoms with E-state index in [1.54, 1.807) is 0 Å². The summed E-state index contributed by atoms with van der Waals surface area (Å²) in [5.41, 5.74) is 5.31. The van der Waals surface area contributed by atoms with Gasteiger partial charge in [-0.2, -0.15) is 0 Å². The molecule has 0 aromatic heterocycles. The van der Waals surface area contributed by atoms with Crippen molar-refractivity contribution in [2.75, 3.05) is 26.2 Å². The van der Waals surface area contributed by atoms with E-state index in [-0.39, 0.29) is 18.7 Å². The molecule has 1 rings (SSSR count). The van der Waals surface area contributed by atoms with E-state index in [0.717, 1.165) is 19.6 Å². The molecule has 1 unspecified atom stereocenters. The Morgan fingerprint density at radius 3 is 2.59 bits per heavy atom. The Kier molecular flexibility index (Phi) is 5.93. The Morgan fingerprint density at radius 2 is 2.00 bits per heavy atom. The first kappa shape index (κ1) is 13.9. The van der Waals surface area contributed by atoms with Gasteiger partial charge in [-0.3, -0.25) is 9.59 Å². The number of hydrogen-bond acceptors (Lipinski definition) is 4. The van der Waals surface area contributed by atoms with Crippen LogP contribution in [0.4, 0.5) is 0 Å². The van der Waals surface area contributed by atoms with E-state index in [4.69, 9.17) is 10.8 Å². The molecular weight excluding hydrogens is 222 g/mol. The largest absolute Gasteiger partial charge is 0.480 e. The highest BCUT2D eigenvalue weighted by Crippen LogP contribution is 2.05. The van der Waals surface area contributed by atoms with Gasteiger partial charge in [0.05, 0.1) is 0 Å². The number of rotatable bonds is 7. The average Bonchev–Trinajstić information content (AvgIpc) is 2.78. The van der Waals surface area contributed by atoms with Crippen molar-refractivity contribution in [2.45, 2.75) is 31.7 Å². The molecule has 1 heterocycles. The molecule has 1 fully saturated rings. The molecule has 0 bridgehead atoms.